The molecule has 6 nitrogen and oxygen atoms in total. The Balaban J connectivity index is 1.56. The molecule has 8 heteroatoms. The lowest BCUT2D eigenvalue weighted by Crippen LogP contribution is -2.25. The van der Waals surface area contributed by atoms with Crippen LogP contribution in [0.4, 0.5) is 14.5 Å². The fourth-order valence-electron chi connectivity index (χ4n) is 3.02. The second-order valence-corrected chi connectivity index (χ2v) is 6.15. The lowest BCUT2D eigenvalue weighted by molar-refractivity contribution is -0.117. The number of nitrogens with zero attached hydrogens (tertiary/aromatic N) is 4. The van der Waals surface area contributed by atoms with Crippen molar-refractivity contribution in [2.24, 2.45) is 0 Å². The van der Waals surface area contributed by atoms with Crippen LogP contribution in [0.1, 0.15) is 23.7 Å². The first kappa shape index (κ1) is 16.8. The Morgan fingerprint density at radius 2 is 1.96 bits per heavy atom. The molecule has 1 atom stereocenters. The van der Waals surface area contributed by atoms with E-state index in [9.17, 15) is 13.6 Å². The molecule has 0 aliphatic carbocycles. The number of halogens is 2. The monoisotopic (exact) mass is 366 g/mol. The maximum absolute atomic E-state index is 14.0. The van der Waals surface area contributed by atoms with Gasteiger partial charge in [-0.3, -0.25) is 4.79 Å². The van der Waals surface area contributed by atoms with Crippen LogP contribution in [-0.4, -0.2) is 22.6 Å². The number of carbonyl (C=O) groups excluding carboxylic acids is 1. The zero-order valence-electron chi connectivity index (χ0n) is 13.9. The van der Waals surface area contributed by atoms with Crippen molar-refractivity contribution in [3.05, 3.63) is 65.5 Å². The van der Waals surface area contributed by atoms with E-state index < -0.39 is 11.6 Å². The predicted octanol–water partition coefficient (Wildman–Crippen LogP) is 3.41. The van der Waals surface area contributed by atoms with Crippen molar-refractivity contribution in [3.63, 3.8) is 0 Å². The molecule has 0 spiro atoms. The second kappa shape index (κ2) is 6.61. The summed E-state index contributed by atoms with van der Waals surface area (Å²) in [4.78, 5) is 17.9. The fourth-order valence-corrected chi connectivity index (χ4v) is 3.02. The van der Waals surface area contributed by atoms with Crippen molar-refractivity contribution in [1.29, 1.82) is 5.26 Å². The van der Waals surface area contributed by atoms with Gasteiger partial charge in [-0.1, -0.05) is 5.16 Å². The van der Waals surface area contributed by atoms with Gasteiger partial charge in [0.25, 0.3) is 5.89 Å². The molecule has 1 saturated heterocycles. The third kappa shape index (κ3) is 3.15. The quantitative estimate of drug-likeness (QED) is 0.709. The average Bonchev–Trinajstić information content (AvgIpc) is 3.29. The minimum atomic E-state index is -0.796. The summed E-state index contributed by atoms with van der Waals surface area (Å²) in [6, 6.07) is 11.8. The molecule has 1 aliphatic rings. The highest BCUT2D eigenvalue weighted by atomic mass is 19.1. The van der Waals surface area contributed by atoms with Gasteiger partial charge in [-0.15, -0.1) is 0 Å². The molecule has 1 aliphatic heterocycles. The van der Waals surface area contributed by atoms with Gasteiger partial charge in [0, 0.05) is 30.5 Å². The molecule has 2 aromatic carbocycles. The molecule has 2 heterocycles. The zero-order chi connectivity index (χ0) is 19.0. The van der Waals surface area contributed by atoms with Gasteiger partial charge in [-0.25, -0.2) is 8.78 Å². The summed E-state index contributed by atoms with van der Waals surface area (Å²) < 4.78 is 32.3. The summed E-state index contributed by atoms with van der Waals surface area (Å²) in [7, 11) is 0. The summed E-state index contributed by atoms with van der Waals surface area (Å²) in [5.41, 5.74) is 1.19. The molecule has 1 aromatic heterocycles. The van der Waals surface area contributed by atoms with E-state index >= 15 is 0 Å². The van der Waals surface area contributed by atoms with Crippen LogP contribution in [0, 0.1) is 23.0 Å². The third-order valence-corrected chi connectivity index (χ3v) is 4.39. The van der Waals surface area contributed by atoms with Crippen LogP contribution in [0.5, 0.6) is 0 Å². The molecular weight excluding hydrogens is 354 g/mol. The largest absolute Gasteiger partial charge is 0.334 e. The van der Waals surface area contributed by atoms with Crippen molar-refractivity contribution in [1.82, 2.24) is 10.1 Å². The van der Waals surface area contributed by atoms with Crippen molar-refractivity contribution in [3.8, 4) is 17.5 Å². The van der Waals surface area contributed by atoms with E-state index in [4.69, 9.17) is 9.78 Å². The first-order valence-electron chi connectivity index (χ1n) is 8.14. The van der Waals surface area contributed by atoms with Crippen LogP contribution in [0.2, 0.25) is 0 Å². The number of hydrogen-bond acceptors (Lipinski definition) is 5. The van der Waals surface area contributed by atoms with Crippen LogP contribution >= 0.6 is 0 Å². The standard InChI is InChI=1S/C19H12F2N4O2/c20-14-5-6-16(15(21)8-14)25-10-13(7-17(25)26)18-23-19(27-24-18)12-3-1-11(9-22)2-4-12/h1-6,8,13H,7,10H2. The van der Waals surface area contributed by atoms with Crippen LogP contribution in [0.3, 0.4) is 0 Å². The number of amides is 1. The fraction of sp³-hybridized carbons (Fsp3) is 0.158. The van der Waals surface area contributed by atoms with Gasteiger partial charge >= 0.3 is 0 Å². The molecule has 3 aromatic rings. The Bertz CT molecular complexity index is 1060. The Morgan fingerprint density at radius 1 is 1.19 bits per heavy atom. The van der Waals surface area contributed by atoms with Gasteiger partial charge in [0.15, 0.2) is 5.82 Å². The average molecular weight is 366 g/mol. The first-order valence-corrected chi connectivity index (χ1v) is 8.14. The highest BCUT2D eigenvalue weighted by molar-refractivity contribution is 5.96. The minimum Gasteiger partial charge on any atom is -0.334 e. The van der Waals surface area contributed by atoms with E-state index in [0.717, 1.165) is 12.1 Å². The van der Waals surface area contributed by atoms with Crippen LogP contribution in [0.15, 0.2) is 47.0 Å². The Hall–Kier alpha value is -3.60. The van der Waals surface area contributed by atoms with Gasteiger partial charge < -0.3 is 9.42 Å². The molecule has 1 fully saturated rings. The molecule has 134 valence electrons. The Kier molecular flexibility index (Phi) is 4.12. The molecule has 27 heavy (non-hydrogen) atoms. The summed E-state index contributed by atoms with van der Waals surface area (Å²) in [6.07, 6.45) is 0.100. The zero-order valence-corrected chi connectivity index (χ0v) is 13.9. The highest BCUT2D eigenvalue weighted by Crippen LogP contribution is 2.33. The number of rotatable bonds is 3. The number of carbonyl (C=O) groups is 1. The smallest absolute Gasteiger partial charge is 0.257 e. The summed E-state index contributed by atoms with van der Waals surface area (Å²) >= 11 is 0. The molecule has 0 radical (unpaired) electrons. The predicted molar refractivity (Wildman–Crippen MR) is 90.5 cm³/mol. The molecule has 1 unspecified atom stereocenters. The van der Waals surface area contributed by atoms with Crippen molar-refractivity contribution < 1.29 is 18.1 Å². The maximum atomic E-state index is 14.0. The minimum absolute atomic E-state index is 0.0275. The van der Waals surface area contributed by atoms with Gasteiger partial charge in [-0.2, -0.15) is 10.2 Å². The van der Waals surface area contributed by atoms with Crippen LogP contribution < -0.4 is 4.90 Å². The van der Waals surface area contributed by atoms with Crippen molar-refractivity contribution in [2.45, 2.75) is 12.3 Å². The summed E-state index contributed by atoms with van der Waals surface area (Å²) in [5, 5.41) is 12.8. The second-order valence-electron chi connectivity index (χ2n) is 6.15. The van der Waals surface area contributed by atoms with E-state index in [2.05, 4.69) is 10.1 Å². The van der Waals surface area contributed by atoms with Crippen molar-refractivity contribution in [2.75, 3.05) is 11.4 Å². The number of anilines is 1. The Morgan fingerprint density at radius 3 is 2.67 bits per heavy atom. The van der Waals surface area contributed by atoms with Gasteiger partial charge in [0.2, 0.25) is 5.91 Å². The highest BCUT2D eigenvalue weighted by Gasteiger charge is 2.35. The summed E-state index contributed by atoms with van der Waals surface area (Å²) in [5.74, 6) is -1.55. The maximum Gasteiger partial charge on any atom is 0.257 e. The number of aromatic nitrogens is 2. The lowest BCUT2D eigenvalue weighted by Gasteiger charge is -2.16. The van der Waals surface area contributed by atoms with Gasteiger partial charge in [-0.05, 0) is 36.4 Å². The number of nitriles is 1. The van der Waals surface area contributed by atoms with E-state index in [-0.39, 0.29) is 36.4 Å². The van der Waals surface area contributed by atoms with Crippen molar-refractivity contribution >= 4 is 11.6 Å². The molecule has 1 amide bonds. The molecule has 0 bridgehead atoms. The molecule has 0 N–H and O–H groups in total. The van der Waals surface area contributed by atoms with E-state index in [1.807, 2.05) is 6.07 Å². The SMILES string of the molecule is N#Cc1ccc(-c2nc(C3CC(=O)N(c4ccc(F)cc4F)C3)no2)cc1. The van der Waals surface area contributed by atoms with E-state index in [1.165, 1.54) is 11.0 Å². The normalized spacial score (nSPS) is 16.6. The van der Waals surface area contributed by atoms with E-state index in [0.29, 0.717) is 17.0 Å². The first-order chi connectivity index (χ1) is 13.0. The molecule has 4 rings (SSSR count). The third-order valence-electron chi connectivity index (χ3n) is 4.39. The summed E-state index contributed by atoms with van der Waals surface area (Å²) in [6.45, 7) is 0.174. The molecular formula is C19H12F2N4O2. The topological polar surface area (TPSA) is 83.0 Å². The number of benzene rings is 2. The van der Waals surface area contributed by atoms with Gasteiger partial charge in [0.05, 0.1) is 17.3 Å². The lowest BCUT2D eigenvalue weighted by atomic mass is 10.1. The van der Waals surface area contributed by atoms with Gasteiger partial charge in [0.1, 0.15) is 11.6 Å². The molecule has 0 saturated carbocycles. The Labute approximate surface area is 152 Å². The van der Waals surface area contributed by atoms with E-state index in [1.54, 1.807) is 24.3 Å². The number of hydrogen-bond donors (Lipinski definition) is 0. The van der Waals surface area contributed by atoms with Crippen LogP contribution in [-0.2, 0) is 4.79 Å². The van der Waals surface area contributed by atoms with Crippen LogP contribution in [0.25, 0.3) is 11.5 Å².